The van der Waals surface area contributed by atoms with E-state index in [0.717, 1.165) is 0 Å². The molecule has 0 unspecified atom stereocenters. The van der Waals surface area contributed by atoms with Gasteiger partial charge in [-0.25, -0.2) is 8.42 Å². The van der Waals surface area contributed by atoms with Crippen LogP contribution in [0.1, 0.15) is 12.8 Å². The number of rotatable bonds is 9. The molecule has 29 heavy (non-hydrogen) atoms. The van der Waals surface area contributed by atoms with Crippen molar-refractivity contribution in [2.24, 2.45) is 7.05 Å². The molecule has 0 saturated carbocycles. The third-order valence-corrected chi connectivity index (χ3v) is 5.01. The number of hydrogen-bond donors (Lipinski definition) is 1. The molecule has 3 rings (SSSR count). The summed E-state index contributed by atoms with van der Waals surface area (Å²) in [5.41, 5.74) is 0.639. The second kappa shape index (κ2) is 8.84. The van der Waals surface area contributed by atoms with Crippen LogP contribution in [-0.4, -0.2) is 47.5 Å². The number of esters is 1. The van der Waals surface area contributed by atoms with Crippen LogP contribution in [0.5, 0.6) is 5.75 Å². The van der Waals surface area contributed by atoms with E-state index in [4.69, 9.17) is 14.0 Å². The molecule has 0 atom stereocenters. The van der Waals surface area contributed by atoms with Crippen molar-refractivity contribution in [1.82, 2.24) is 24.6 Å². The minimum absolute atomic E-state index is 0.0534. The predicted octanol–water partition coefficient (Wildman–Crippen LogP) is 0.890. The first kappa shape index (κ1) is 20.5. The Bertz CT molecular complexity index is 1090. The van der Waals surface area contributed by atoms with Crippen LogP contribution in [0.15, 0.2) is 46.1 Å². The number of para-hydroxylation sites is 1. The normalized spacial score (nSPS) is 11.4. The summed E-state index contributed by atoms with van der Waals surface area (Å²) in [6, 6.07) is 7.19. The predicted molar refractivity (Wildman–Crippen MR) is 99.1 cm³/mol. The van der Waals surface area contributed by atoms with E-state index in [9.17, 15) is 13.2 Å². The number of carbonyl (C=O) groups is 1. The van der Waals surface area contributed by atoms with Gasteiger partial charge in [-0.05, 0) is 19.1 Å². The van der Waals surface area contributed by atoms with Crippen molar-refractivity contribution in [1.29, 1.82) is 0 Å². The molecule has 0 bridgehead atoms. The Hall–Kier alpha value is -3.25. The lowest BCUT2D eigenvalue weighted by Gasteiger charge is -2.06. The fraction of sp³-hybridized carbons (Fsp3) is 0.294. The van der Waals surface area contributed by atoms with Gasteiger partial charge in [-0.1, -0.05) is 17.3 Å². The van der Waals surface area contributed by atoms with Gasteiger partial charge in [0.25, 0.3) is 5.89 Å². The second-order valence-corrected chi connectivity index (χ2v) is 7.54. The first-order chi connectivity index (χ1) is 13.9. The lowest BCUT2D eigenvalue weighted by Crippen LogP contribution is -2.30. The van der Waals surface area contributed by atoms with Gasteiger partial charge in [0.15, 0.2) is 6.61 Å². The average Bonchev–Trinajstić information content (AvgIpc) is 3.35. The number of sulfonamides is 1. The molecule has 12 heteroatoms. The molecule has 0 radical (unpaired) electrons. The largest absolute Gasteiger partial charge is 0.493 e. The number of aryl methyl sites for hydroxylation is 1. The highest BCUT2D eigenvalue weighted by molar-refractivity contribution is 7.89. The highest BCUT2D eigenvalue weighted by Gasteiger charge is 2.19. The summed E-state index contributed by atoms with van der Waals surface area (Å²) in [6.45, 7) is 1.50. The maximum Gasteiger partial charge on any atom is 0.321 e. The van der Waals surface area contributed by atoms with Crippen LogP contribution in [0.25, 0.3) is 11.4 Å². The molecular formula is C17H19N5O6S. The topological polar surface area (TPSA) is 138 Å². The fourth-order valence-electron chi connectivity index (χ4n) is 2.32. The van der Waals surface area contributed by atoms with E-state index >= 15 is 0 Å². The second-order valence-electron chi connectivity index (χ2n) is 5.78. The van der Waals surface area contributed by atoms with Gasteiger partial charge in [0.2, 0.25) is 15.8 Å². The molecule has 0 spiro atoms. The molecule has 1 aromatic carbocycles. The van der Waals surface area contributed by atoms with Crippen LogP contribution in [0.3, 0.4) is 0 Å². The van der Waals surface area contributed by atoms with Gasteiger partial charge in [0.1, 0.15) is 17.2 Å². The van der Waals surface area contributed by atoms with E-state index in [0.29, 0.717) is 17.9 Å². The van der Waals surface area contributed by atoms with E-state index in [2.05, 4.69) is 20.0 Å². The van der Waals surface area contributed by atoms with Crippen LogP contribution < -0.4 is 9.46 Å². The molecule has 0 amide bonds. The van der Waals surface area contributed by atoms with Crippen molar-refractivity contribution >= 4 is 16.0 Å². The number of hydrogen-bond acceptors (Lipinski definition) is 9. The number of nitrogens with zero attached hydrogens (tertiary/aromatic N) is 4. The van der Waals surface area contributed by atoms with Crippen molar-refractivity contribution in [2.45, 2.75) is 18.4 Å². The summed E-state index contributed by atoms with van der Waals surface area (Å²) in [6.07, 6.45) is 2.49. The zero-order chi connectivity index (χ0) is 20.9. The van der Waals surface area contributed by atoms with Gasteiger partial charge in [-0.15, -0.1) is 0 Å². The number of carbonyl (C=O) groups excluding carboxylic acids is 1. The SMILES string of the molecule is CCOc1ccccc1-c1noc(COC(=O)CNS(=O)(=O)c2cnn(C)c2)n1. The Morgan fingerprint density at radius 3 is 2.83 bits per heavy atom. The molecule has 0 aliphatic carbocycles. The van der Waals surface area contributed by atoms with Crippen LogP contribution in [-0.2, 0) is 33.2 Å². The van der Waals surface area contributed by atoms with E-state index in [1.54, 1.807) is 19.2 Å². The monoisotopic (exact) mass is 421 g/mol. The van der Waals surface area contributed by atoms with Crippen LogP contribution >= 0.6 is 0 Å². The van der Waals surface area contributed by atoms with Gasteiger partial charge in [-0.2, -0.15) is 14.8 Å². The van der Waals surface area contributed by atoms with Crippen molar-refractivity contribution in [3.8, 4) is 17.1 Å². The molecule has 0 aliphatic heterocycles. The smallest absolute Gasteiger partial charge is 0.321 e. The zero-order valence-corrected chi connectivity index (χ0v) is 16.5. The summed E-state index contributed by atoms with van der Waals surface area (Å²) in [5, 5.41) is 7.63. The number of aromatic nitrogens is 4. The summed E-state index contributed by atoms with van der Waals surface area (Å²) in [5.74, 6) is 0.156. The zero-order valence-electron chi connectivity index (χ0n) is 15.7. The van der Waals surface area contributed by atoms with E-state index in [1.807, 2.05) is 19.1 Å². The van der Waals surface area contributed by atoms with Gasteiger partial charge in [0, 0.05) is 13.2 Å². The minimum atomic E-state index is -3.86. The van der Waals surface area contributed by atoms with Gasteiger partial charge in [-0.3, -0.25) is 9.48 Å². The van der Waals surface area contributed by atoms with E-state index < -0.39 is 22.5 Å². The molecule has 11 nitrogen and oxygen atoms in total. The first-order valence-corrected chi connectivity index (χ1v) is 10.1. The number of nitrogens with one attached hydrogen (secondary N) is 1. The Balaban J connectivity index is 1.55. The van der Waals surface area contributed by atoms with E-state index in [-0.39, 0.29) is 23.2 Å². The first-order valence-electron chi connectivity index (χ1n) is 8.57. The lowest BCUT2D eigenvalue weighted by molar-refractivity contribution is -0.144. The van der Waals surface area contributed by atoms with E-state index in [1.165, 1.54) is 17.1 Å². The Morgan fingerprint density at radius 2 is 2.10 bits per heavy atom. The Morgan fingerprint density at radius 1 is 1.31 bits per heavy atom. The highest BCUT2D eigenvalue weighted by atomic mass is 32.2. The molecule has 2 heterocycles. The van der Waals surface area contributed by atoms with Gasteiger partial charge in [0.05, 0.1) is 18.4 Å². The fourth-order valence-corrected chi connectivity index (χ4v) is 3.28. The summed E-state index contributed by atoms with van der Waals surface area (Å²) in [7, 11) is -2.28. The minimum Gasteiger partial charge on any atom is -0.493 e. The van der Waals surface area contributed by atoms with Crippen molar-refractivity contribution in [3.05, 3.63) is 42.5 Å². The molecule has 2 aromatic heterocycles. The van der Waals surface area contributed by atoms with Crippen molar-refractivity contribution in [2.75, 3.05) is 13.2 Å². The van der Waals surface area contributed by atoms with Crippen LogP contribution in [0, 0.1) is 0 Å². The molecule has 154 valence electrons. The highest BCUT2D eigenvalue weighted by Crippen LogP contribution is 2.27. The maximum atomic E-state index is 12.0. The number of ether oxygens (including phenoxy) is 2. The molecular weight excluding hydrogens is 402 g/mol. The summed E-state index contributed by atoms with van der Waals surface area (Å²) < 4.78 is 43.1. The average molecular weight is 421 g/mol. The quantitative estimate of drug-likeness (QED) is 0.499. The molecule has 0 saturated heterocycles. The third kappa shape index (κ3) is 5.18. The molecule has 1 N–H and O–H groups in total. The molecule has 0 fully saturated rings. The lowest BCUT2D eigenvalue weighted by atomic mass is 10.2. The standard InChI is InChI=1S/C17H19N5O6S/c1-3-26-14-7-5-4-6-13(14)17-20-15(28-21-17)11-27-16(23)9-19-29(24,25)12-8-18-22(2)10-12/h4-8,10,19H,3,9,11H2,1-2H3. The van der Waals surface area contributed by atoms with Crippen LogP contribution in [0.4, 0.5) is 0 Å². The van der Waals surface area contributed by atoms with Gasteiger partial charge < -0.3 is 14.0 Å². The molecule has 0 aliphatic rings. The maximum absolute atomic E-state index is 12.0. The third-order valence-electron chi connectivity index (χ3n) is 3.65. The Labute approximate surface area is 166 Å². The van der Waals surface area contributed by atoms with Gasteiger partial charge >= 0.3 is 5.97 Å². The summed E-state index contributed by atoms with van der Waals surface area (Å²) in [4.78, 5) is 16.0. The number of benzene rings is 1. The van der Waals surface area contributed by atoms with Crippen molar-refractivity contribution in [3.63, 3.8) is 0 Å². The van der Waals surface area contributed by atoms with Crippen molar-refractivity contribution < 1.29 is 27.2 Å². The Kier molecular flexibility index (Phi) is 6.24. The summed E-state index contributed by atoms with van der Waals surface area (Å²) >= 11 is 0. The van der Waals surface area contributed by atoms with Crippen LogP contribution in [0.2, 0.25) is 0 Å². The molecule has 3 aromatic rings.